The van der Waals surface area contributed by atoms with Gasteiger partial charge in [0.05, 0.1) is 45.4 Å². The third-order valence-electron chi connectivity index (χ3n) is 5.18. The molecule has 1 aliphatic heterocycles. The number of ether oxygens (including phenoxy) is 2. The van der Waals surface area contributed by atoms with E-state index in [0.717, 1.165) is 24.4 Å². The largest absolute Gasteiger partial charge is 0.491 e. The molecule has 1 amide bonds. The van der Waals surface area contributed by atoms with Gasteiger partial charge in [-0.25, -0.2) is 0 Å². The number of allylic oxidation sites excluding steroid dienone is 1. The third kappa shape index (κ3) is 5.70. The summed E-state index contributed by atoms with van der Waals surface area (Å²) in [5.74, 6) is -3.26. The summed E-state index contributed by atoms with van der Waals surface area (Å²) in [5, 5.41) is 24.1. The molecule has 0 spiro atoms. The van der Waals surface area contributed by atoms with E-state index >= 15 is 0 Å². The molecule has 2 aromatic rings. The van der Waals surface area contributed by atoms with Crippen molar-refractivity contribution in [3.05, 3.63) is 78.3 Å². The van der Waals surface area contributed by atoms with Crippen molar-refractivity contribution < 1.29 is 24.0 Å². The van der Waals surface area contributed by atoms with Crippen LogP contribution in [0.2, 0.25) is 10.0 Å². The normalized spacial score (nSPS) is 17.4. The highest BCUT2D eigenvalue weighted by Gasteiger charge is 2.44. The maximum absolute atomic E-state index is 13.0. The first-order valence-corrected chi connectivity index (χ1v) is 12.0. The number of amides is 1. The van der Waals surface area contributed by atoms with E-state index in [1.165, 1.54) is 24.3 Å². The summed E-state index contributed by atoms with van der Waals surface area (Å²) in [6.45, 7) is 2.09. The van der Waals surface area contributed by atoms with Crippen LogP contribution in [0.1, 0.15) is 24.0 Å². The van der Waals surface area contributed by atoms with Gasteiger partial charge in [-0.05, 0) is 30.2 Å². The van der Waals surface area contributed by atoms with Crippen molar-refractivity contribution in [3.8, 4) is 11.8 Å². The summed E-state index contributed by atoms with van der Waals surface area (Å²) < 4.78 is 10.3. The number of rotatable bonds is 8. The Morgan fingerprint density at radius 2 is 1.89 bits per heavy atom. The fourth-order valence-corrected chi connectivity index (χ4v) is 5.21. The minimum absolute atomic E-state index is 0.0492. The number of nitrogens with zero attached hydrogens (tertiary/aromatic N) is 2. The topological polar surface area (TPSA) is 132 Å². The quantitative estimate of drug-likeness (QED) is 0.217. The van der Waals surface area contributed by atoms with E-state index in [0.29, 0.717) is 17.9 Å². The summed E-state index contributed by atoms with van der Waals surface area (Å²) >= 11 is 13.9. The number of carbonyl (C=O) groups excluding carboxylic acids is 2. The SMILES string of the molecule is CCOc1c(Cl)cc([C@@H]2C(C#N)=C(SCc3ccc([N+](=O)[O-])cc3)NC(=O)[C@@H]2C(=O)OC)cc1Cl. The number of hydrogen-bond acceptors (Lipinski definition) is 8. The number of nitro benzene ring substituents is 1. The van der Waals surface area contributed by atoms with Crippen LogP contribution in [0.25, 0.3) is 0 Å². The second-order valence-corrected chi connectivity index (χ2v) is 9.08. The Hall–Kier alpha value is -3.26. The molecule has 0 unspecified atom stereocenters. The molecule has 0 saturated carbocycles. The van der Waals surface area contributed by atoms with Crippen molar-refractivity contribution >= 4 is 52.5 Å². The fraction of sp³-hybridized carbons (Fsp3) is 0.261. The molecule has 182 valence electrons. The number of hydrogen-bond donors (Lipinski definition) is 1. The fourth-order valence-electron chi connectivity index (χ4n) is 3.59. The summed E-state index contributed by atoms with van der Waals surface area (Å²) in [5.41, 5.74) is 1.19. The Kier molecular flexibility index (Phi) is 8.62. The van der Waals surface area contributed by atoms with Gasteiger partial charge in [0.25, 0.3) is 5.69 Å². The van der Waals surface area contributed by atoms with Gasteiger partial charge in [0.15, 0.2) is 5.75 Å². The van der Waals surface area contributed by atoms with Crippen LogP contribution >= 0.6 is 35.0 Å². The summed E-state index contributed by atoms with van der Waals surface area (Å²) in [7, 11) is 1.15. The van der Waals surface area contributed by atoms with E-state index in [1.54, 1.807) is 19.1 Å². The third-order valence-corrected chi connectivity index (χ3v) is 6.83. The molecule has 1 aliphatic rings. The number of nitrogens with one attached hydrogen (secondary N) is 1. The van der Waals surface area contributed by atoms with Crippen molar-refractivity contribution in [1.82, 2.24) is 5.32 Å². The number of carbonyl (C=O) groups is 2. The standard InChI is InChI=1S/C23H19Cl2N3O6S/c1-3-34-20-16(24)8-13(9-17(20)25)18-15(10-26)22(27-21(29)19(18)23(30)33-2)35-11-12-4-6-14(7-5-12)28(31)32/h4-9,18-19H,3,11H2,1-2H3,(H,27,29)/t18-,19-/m1/s1. The zero-order valence-electron chi connectivity index (χ0n) is 18.5. The van der Waals surface area contributed by atoms with Crippen molar-refractivity contribution in [2.75, 3.05) is 13.7 Å². The Morgan fingerprint density at radius 3 is 2.40 bits per heavy atom. The van der Waals surface area contributed by atoms with Gasteiger partial charge in [0, 0.05) is 23.8 Å². The molecule has 0 aliphatic carbocycles. The van der Waals surface area contributed by atoms with Crippen LogP contribution in [0.3, 0.4) is 0 Å². The van der Waals surface area contributed by atoms with Gasteiger partial charge in [0.2, 0.25) is 5.91 Å². The lowest BCUT2D eigenvalue weighted by Gasteiger charge is -2.31. The van der Waals surface area contributed by atoms with Gasteiger partial charge in [-0.15, -0.1) is 11.8 Å². The predicted octanol–water partition coefficient (Wildman–Crippen LogP) is 4.97. The lowest BCUT2D eigenvalue weighted by atomic mass is 9.78. The molecule has 2 aromatic carbocycles. The summed E-state index contributed by atoms with van der Waals surface area (Å²) in [6.07, 6.45) is 0. The van der Waals surface area contributed by atoms with E-state index < -0.39 is 28.6 Å². The van der Waals surface area contributed by atoms with Crippen LogP contribution in [0.4, 0.5) is 5.69 Å². The van der Waals surface area contributed by atoms with E-state index in [2.05, 4.69) is 11.4 Å². The monoisotopic (exact) mass is 535 g/mol. The van der Waals surface area contributed by atoms with Crippen LogP contribution in [-0.2, 0) is 20.1 Å². The molecule has 1 heterocycles. The number of esters is 1. The Balaban J connectivity index is 2.04. The van der Waals surface area contributed by atoms with E-state index in [9.17, 15) is 25.0 Å². The first-order valence-electron chi connectivity index (χ1n) is 10.2. The number of halogens is 2. The molecule has 1 N–H and O–H groups in total. The number of benzene rings is 2. The van der Waals surface area contributed by atoms with Crippen molar-refractivity contribution in [1.29, 1.82) is 5.26 Å². The zero-order chi connectivity index (χ0) is 25.7. The van der Waals surface area contributed by atoms with Gasteiger partial charge in [-0.3, -0.25) is 19.7 Å². The van der Waals surface area contributed by atoms with E-state index in [-0.39, 0.29) is 32.1 Å². The number of non-ortho nitro benzene ring substituents is 1. The predicted molar refractivity (Wildman–Crippen MR) is 131 cm³/mol. The highest BCUT2D eigenvalue weighted by atomic mass is 35.5. The number of thioether (sulfide) groups is 1. The first-order chi connectivity index (χ1) is 16.7. The number of nitro groups is 1. The second-order valence-electron chi connectivity index (χ2n) is 7.28. The highest BCUT2D eigenvalue weighted by molar-refractivity contribution is 8.02. The van der Waals surface area contributed by atoms with Gasteiger partial charge >= 0.3 is 5.97 Å². The van der Waals surface area contributed by atoms with Gasteiger partial charge < -0.3 is 14.8 Å². The van der Waals surface area contributed by atoms with Crippen molar-refractivity contribution in [3.63, 3.8) is 0 Å². The lowest BCUT2D eigenvalue weighted by molar-refractivity contribution is -0.384. The molecule has 9 nitrogen and oxygen atoms in total. The molecule has 0 aromatic heterocycles. The minimum Gasteiger partial charge on any atom is -0.491 e. The van der Waals surface area contributed by atoms with Gasteiger partial charge in [0.1, 0.15) is 5.92 Å². The zero-order valence-corrected chi connectivity index (χ0v) is 20.9. The maximum Gasteiger partial charge on any atom is 0.319 e. The Morgan fingerprint density at radius 1 is 1.26 bits per heavy atom. The van der Waals surface area contributed by atoms with Crippen LogP contribution < -0.4 is 10.1 Å². The molecule has 0 radical (unpaired) electrons. The van der Waals surface area contributed by atoms with Crippen LogP contribution in [0, 0.1) is 27.4 Å². The smallest absolute Gasteiger partial charge is 0.319 e. The molecule has 3 rings (SSSR count). The molecule has 0 bridgehead atoms. The summed E-state index contributed by atoms with van der Waals surface area (Å²) in [6, 6.07) is 11.0. The van der Waals surface area contributed by atoms with Crippen LogP contribution in [0.15, 0.2) is 47.0 Å². The second kappa shape index (κ2) is 11.4. The first kappa shape index (κ1) is 26.3. The molecular weight excluding hydrogens is 517 g/mol. The minimum atomic E-state index is -1.34. The molecule has 2 atom stereocenters. The molecular formula is C23H19Cl2N3O6S. The van der Waals surface area contributed by atoms with Crippen LogP contribution in [0.5, 0.6) is 5.75 Å². The number of methoxy groups -OCH3 is 1. The van der Waals surface area contributed by atoms with Crippen molar-refractivity contribution in [2.45, 2.75) is 18.6 Å². The van der Waals surface area contributed by atoms with Gasteiger partial charge in [-0.2, -0.15) is 5.26 Å². The molecule has 35 heavy (non-hydrogen) atoms. The van der Waals surface area contributed by atoms with Crippen molar-refractivity contribution in [2.24, 2.45) is 5.92 Å². The lowest BCUT2D eigenvalue weighted by Crippen LogP contribution is -2.44. The number of nitriles is 1. The maximum atomic E-state index is 13.0. The average molecular weight is 536 g/mol. The van der Waals surface area contributed by atoms with Gasteiger partial charge in [-0.1, -0.05) is 35.3 Å². The summed E-state index contributed by atoms with van der Waals surface area (Å²) in [4.78, 5) is 35.9. The molecule has 12 heteroatoms. The van der Waals surface area contributed by atoms with E-state index in [4.69, 9.17) is 32.7 Å². The Labute approximate surface area is 215 Å². The Bertz CT molecular complexity index is 1220. The van der Waals surface area contributed by atoms with E-state index in [1.807, 2.05) is 0 Å². The highest BCUT2D eigenvalue weighted by Crippen LogP contribution is 2.44. The molecule has 0 saturated heterocycles. The van der Waals surface area contributed by atoms with Crippen LogP contribution in [-0.4, -0.2) is 30.5 Å². The average Bonchev–Trinajstić information content (AvgIpc) is 2.84. The molecule has 0 fully saturated rings.